The zero-order chi connectivity index (χ0) is 10.4. The smallest absolute Gasteiger partial charge is 0.246 e. The molecular formula is C10H20N2O2. The molecule has 0 saturated heterocycles. The van der Waals surface area contributed by atoms with Crippen LogP contribution >= 0.6 is 0 Å². The molecule has 1 fully saturated rings. The molecule has 4 nitrogen and oxygen atoms in total. The predicted molar refractivity (Wildman–Crippen MR) is 54.9 cm³/mol. The fraction of sp³-hybridized carbons (Fsp3) is 0.900. The first-order valence-corrected chi connectivity index (χ1v) is 5.36. The standard InChI is InChI=1S/C10H20N2O2/c1-2-12-10(13)7-14-9-5-3-4-8(11)6-9/h8-9H,2-7,11H2,1H3,(H,12,13). The highest BCUT2D eigenvalue weighted by Gasteiger charge is 2.20. The van der Waals surface area contributed by atoms with Crippen LogP contribution in [0.2, 0.25) is 0 Å². The molecule has 1 aliphatic carbocycles. The second-order valence-electron chi connectivity index (χ2n) is 3.81. The van der Waals surface area contributed by atoms with Gasteiger partial charge in [0.1, 0.15) is 6.61 Å². The Morgan fingerprint density at radius 3 is 3.00 bits per heavy atom. The maximum Gasteiger partial charge on any atom is 0.246 e. The summed E-state index contributed by atoms with van der Waals surface area (Å²) in [5, 5.41) is 2.70. The molecule has 0 aromatic rings. The molecule has 0 aromatic carbocycles. The third-order valence-electron chi connectivity index (χ3n) is 2.49. The summed E-state index contributed by atoms with van der Waals surface area (Å²) < 4.78 is 5.48. The summed E-state index contributed by atoms with van der Waals surface area (Å²) in [6.07, 6.45) is 4.30. The normalized spacial score (nSPS) is 27.3. The van der Waals surface area contributed by atoms with Crippen LogP contribution in [0.15, 0.2) is 0 Å². The quantitative estimate of drug-likeness (QED) is 0.691. The lowest BCUT2D eigenvalue weighted by Crippen LogP contribution is -2.35. The van der Waals surface area contributed by atoms with Crippen LogP contribution in [0.5, 0.6) is 0 Å². The minimum atomic E-state index is -0.0355. The molecule has 1 saturated carbocycles. The van der Waals surface area contributed by atoms with Crippen LogP contribution < -0.4 is 11.1 Å². The molecule has 14 heavy (non-hydrogen) atoms. The van der Waals surface area contributed by atoms with Gasteiger partial charge in [0.2, 0.25) is 5.91 Å². The van der Waals surface area contributed by atoms with E-state index < -0.39 is 0 Å². The Morgan fingerprint density at radius 2 is 2.36 bits per heavy atom. The molecule has 0 spiro atoms. The Morgan fingerprint density at radius 1 is 1.57 bits per heavy atom. The number of likely N-dealkylation sites (N-methyl/N-ethyl adjacent to an activating group) is 1. The van der Waals surface area contributed by atoms with Crippen molar-refractivity contribution in [2.24, 2.45) is 5.73 Å². The van der Waals surface area contributed by atoms with Gasteiger partial charge in [0.05, 0.1) is 6.10 Å². The molecular weight excluding hydrogens is 180 g/mol. The first-order chi connectivity index (χ1) is 6.72. The van der Waals surface area contributed by atoms with E-state index in [2.05, 4.69) is 5.32 Å². The summed E-state index contributed by atoms with van der Waals surface area (Å²) in [6.45, 7) is 2.73. The molecule has 1 rings (SSSR count). The highest BCUT2D eigenvalue weighted by Crippen LogP contribution is 2.19. The van der Waals surface area contributed by atoms with Crippen molar-refractivity contribution in [2.75, 3.05) is 13.2 Å². The van der Waals surface area contributed by atoms with Crippen molar-refractivity contribution in [1.29, 1.82) is 0 Å². The van der Waals surface area contributed by atoms with Crippen LogP contribution in [-0.4, -0.2) is 31.2 Å². The van der Waals surface area contributed by atoms with Crippen LogP contribution in [0.25, 0.3) is 0 Å². The van der Waals surface area contributed by atoms with Gasteiger partial charge in [-0.2, -0.15) is 0 Å². The second kappa shape index (κ2) is 5.98. The van der Waals surface area contributed by atoms with Crippen LogP contribution in [0, 0.1) is 0 Å². The molecule has 2 unspecified atom stereocenters. The zero-order valence-electron chi connectivity index (χ0n) is 8.79. The van der Waals surface area contributed by atoms with E-state index in [1.807, 2.05) is 6.92 Å². The maximum absolute atomic E-state index is 11.1. The predicted octanol–water partition coefficient (Wildman–Crippen LogP) is 0.409. The molecule has 1 aliphatic rings. The lowest BCUT2D eigenvalue weighted by Gasteiger charge is -2.26. The van der Waals surface area contributed by atoms with Gasteiger partial charge in [0.15, 0.2) is 0 Å². The van der Waals surface area contributed by atoms with Crippen LogP contribution in [0.1, 0.15) is 32.6 Å². The van der Waals surface area contributed by atoms with E-state index in [1.54, 1.807) is 0 Å². The number of nitrogens with one attached hydrogen (secondary N) is 1. The number of carbonyl (C=O) groups is 1. The number of hydrogen-bond acceptors (Lipinski definition) is 3. The Kier molecular flexibility index (Phi) is 4.90. The van der Waals surface area contributed by atoms with Gasteiger partial charge >= 0.3 is 0 Å². The Labute approximate surface area is 85.2 Å². The number of amides is 1. The summed E-state index contributed by atoms with van der Waals surface area (Å²) in [6, 6.07) is 0.253. The number of hydrogen-bond donors (Lipinski definition) is 2. The zero-order valence-corrected chi connectivity index (χ0v) is 8.79. The SMILES string of the molecule is CCNC(=O)COC1CCCC(N)C1. The van der Waals surface area contributed by atoms with Crippen LogP contribution in [0.4, 0.5) is 0 Å². The van der Waals surface area contributed by atoms with E-state index in [0.29, 0.717) is 6.54 Å². The molecule has 2 atom stereocenters. The Bertz CT molecular complexity index is 185. The minimum Gasteiger partial charge on any atom is -0.368 e. The van der Waals surface area contributed by atoms with E-state index in [1.165, 1.54) is 0 Å². The van der Waals surface area contributed by atoms with E-state index in [9.17, 15) is 4.79 Å². The topological polar surface area (TPSA) is 64.3 Å². The molecule has 0 aliphatic heterocycles. The number of ether oxygens (including phenoxy) is 1. The molecule has 4 heteroatoms. The van der Waals surface area contributed by atoms with E-state index in [4.69, 9.17) is 10.5 Å². The highest BCUT2D eigenvalue weighted by atomic mass is 16.5. The van der Waals surface area contributed by atoms with E-state index in [0.717, 1.165) is 25.7 Å². The summed E-state index contributed by atoms with van der Waals surface area (Å²) in [4.78, 5) is 11.1. The van der Waals surface area contributed by atoms with E-state index in [-0.39, 0.29) is 24.7 Å². The van der Waals surface area contributed by atoms with Gasteiger partial charge in [-0.3, -0.25) is 4.79 Å². The third-order valence-corrected chi connectivity index (χ3v) is 2.49. The summed E-state index contributed by atoms with van der Waals surface area (Å²) in [7, 11) is 0. The van der Waals surface area contributed by atoms with Gasteiger partial charge in [-0.1, -0.05) is 0 Å². The van der Waals surface area contributed by atoms with Crippen LogP contribution in [0.3, 0.4) is 0 Å². The fourth-order valence-corrected chi connectivity index (χ4v) is 1.77. The Balaban J connectivity index is 2.14. The van der Waals surface area contributed by atoms with Gasteiger partial charge in [-0.25, -0.2) is 0 Å². The lowest BCUT2D eigenvalue weighted by atomic mass is 9.94. The third kappa shape index (κ3) is 4.07. The van der Waals surface area contributed by atoms with Crippen molar-refractivity contribution >= 4 is 5.91 Å². The lowest BCUT2D eigenvalue weighted by molar-refractivity contribution is -0.128. The van der Waals surface area contributed by atoms with Crippen molar-refractivity contribution in [3.8, 4) is 0 Å². The first kappa shape index (κ1) is 11.5. The summed E-state index contributed by atoms with van der Waals surface area (Å²) in [5.41, 5.74) is 5.81. The van der Waals surface area contributed by atoms with Gasteiger partial charge in [0, 0.05) is 12.6 Å². The van der Waals surface area contributed by atoms with Crippen LogP contribution in [-0.2, 0) is 9.53 Å². The molecule has 0 heterocycles. The number of rotatable bonds is 4. The second-order valence-corrected chi connectivity index (χ2v) is 3.81. The Hall–Kier alpha value is -0.610. The van der Waals surface area contributed by atoms with Gasteiger partial charge in [0.25, 0.3) is 0 Å². The van der Waals surface area contributed by atoms with Gasteiger partial charge < -0.3 is 15.8 Å². The van der Waals surface area contributed by atoms with Crippen molar-refractivity contribution < 1.29 is 9.53 Å². The first-order valence-electron chi connectivity index (χ1n) is 5.36. The molecule has 0 bridgehead atoms. The van der Waals surface area contributed by atoms with Gasteiger partial charge in [-0.15, -0.1) is 0 Å². The summed E-state index contributed by atoms with van der Waals surface area (Å²) >= 11 is 0. The maximum atomic E-state index is 11.1. The van der Waals surface area contributed by atoms with Crippen molar-refractivity contribution in [3.63, 3.8) is 0 Å². The average molecular weight is 200 g/mol. The monoisotopic (exact) mass is 200 g/mol. The van der Waals surface area contributed by atoms with Crippen molar-refractivity contribution in [2.45, 2.75) is 44.8 Å². The fourth-order valence-electron chi connectivity index (χ4n) is 1.77. The molecule has 0 aromatic heterocycles. The molecule has 3 N–H and O–H groups in total. The van der Waals surface area contributed by atoms with Crippen molar-refractivity contribution in [1.82, 2.24) is 5.32 Å². The molecule has 0 radical (unpaired) electrons. The largest absolute Gasteiger partial charge is 0.368 e. The minimum absolute atomic E-state index is 0.0355. The number of carbonyl (C=O) groups excluding carboxylic acids is 1. The van der Waals surface area contributed by atoms with E-state index >= 15 is 0 Å². The number of nitrogens with two attached hydrogens (primary N) is 1. The molecule has 82 valence electrons. The van der Waals surface area contributed by atoms with Crippen molar-refractivity contribution in [3.05, 3.63) is 0 Å². The highest BCUT2D eigenvalue weighted by molar-refractivity contribution is 5.77. The van der Waals surface area contributed by atoms with Gasteiger partial charge in [-0.05, 0) is 32.6 Å². The average Bonchev–Trinajstić information content (AvgIpc) is 2.15. The summed E-state index contributed by atoms with van der Waals surface area (Å²) in [5.74, 6) is -0.0355. The molecule has 1 amide bonds.